The quantitative estimate of drug-likeness (QED) is 0.687. The van der Waals surface area contributed by atoms with Crippen LogP contribution in [0.3, 0.4) is 0 Å². The number of nitrogens with one attached hydrogen (secondary N) is 2. The minimum atomic E-state index is -0.536. The first kappa shape index (κ1) is 15.3. The van der Waals surface area contributed by atoms with E-state index in [2.05, 4.69) is 15.5 Å². The third-order valence-electron chi connectivity index (χ3n) is 4.85. The van der Waals surface area contributed by atoms with Crippen LogP contribution in [0.4, 0.5) is 4.79 Å². The average molecular weight is 283 g/mol. The number of hydrogen-bond acceptors (Lipinski definition) is 4. The van der Waals surface area contributed by atoms with Gasteiger partial charge in [0, 0.05) is 26.1 Å². The number of piperidine rings is 1. The lowest BCUT2D eigenvalue weighted by atomic mass is 9.71. The summed E-state index contributed by atoms with van der Waals surface area (Å²) < 4.78 is 0. The minimum Gasteiger partial charge on any atom is -0.390 e. The molecule has 3 amide bonds. The van der Waals surface area contributed by atoms with Crippen molar-refractivity contribution < 1.29 is 14.7 Å². The molecule has 6 nitrogen and oxygen atoms in total. The molecule has 114 valence electrons. The van der Waals surface area contributed by atoms with Crippen molar-refractivity contribution in [1.82, 2.24) is 15.5 Å². The summed E-state index contributed by atoms with van der Waals surface area (Å²) >= 11 is 0. The normalized spacial score (nSPS) is 32.0. The van der Waals surface area contributed by atoms with E-state index in [1.54, 1.807) is 0 Å². The van der Waals surface area contributed by atoms with Crippen LogP contribution in [0.5, 0.6) is 0 Å². The summed E-state index contributed by atoms with van der Waals surface area (Å²) in [6, 6.07) is -0.827. The van der Waals surface area contributed by atoms with E-state index >= 15 is 0 Å². The van der Waals surface area contributed by atoms with Crippen LogP contribution in [0.15, 0.2) is 0 Å². The molecule has 3 N–H and O–H groups in total. The van der Waals surface area contributed by atoms with Crippen molar-refractivity contribution in [1.29, 1.82) is 0 Å². The number of hydrogen-bond donors (Lipinski definition) is 3. The topological polar surface area (TPSA) is 81.7 Å². The van der Waals surface area contributed by atoms with Crippen molar-refractivity contribution in [2.75, 3.05) is 20.1 Å². The molecule has 0 bridgehead atoms. The van der Waals surface area contributed by atoms with Crippen molar-refractivity contribution in [3.8, 4) is 0 Å². The Morgan fingerprint density at radius 1 is 1.35 bits per heavy atom. The summed E-state index contributed by atoms with van der Waals surface area (Å²) in [6.07, 6.45) is 4.87. The summed E-state index contributed by atoms with van der Waals surface area (Å²) in [5.41, 5.74) is -0.536. The summed E-state index contributed by atoms with van der Waals surface area (Å²) in [7, 11) is 1.48. The van der Waals surface area contributed by atoms with E-state index in [0.29, 0.717) is 6.54 Å². The zero-order valence-corrected chi connectivity index (χ0v) is 12.3. The van der Waals surface area contributed by atoms with Gasteiger partial charge in [-0.1, -0.05) is 12.8 Å². The van der Waals surface area contributed by atoms with Gasteiger partial charge < -0.3 is 10.4 Å². The Morgan fingerprint density at radius 2 is 2.10 bits per heavy atom. The van der Waals surface area contributed by atoms with Gasteiger partial charge in [0.05, 0.1) is 11.6 Å². The summed E-state index contributed by atoms with van der Waals surface area (Å²) in [4.78, 5) is 25.2. The number of rotatable bonds is 2. The second kappa shape index (κ2) is 6.10. The Bertz CT molecular complexity index is 388. The number of amides is 3. The molecule has 2 fully saturated rings. The van der Waals surface area contributed by atoms with Crippen LogP contribution >= 0.6 is 0 Å². The van der Waals surface area contributed by atoms with Crippen LogP contribution in [0.2, 0.25) is 0 Å². The molecule has 1 saturated carbocycles. The monoisotopic (exact) mass is 283 g/mol. The highest BCUT2D eigenvalue weighted by Gasteiger charge is 2.44. The van der Waals surface area contributed by atoms with Crippen LogP contribution in [0, 0.1) is 5.92 Å². The fourth-order valence-electron chi connectivity index (χ4n) is 3.39. The lowest BCUT2D eigenvalue weighted by Gasteiger charge is -2.48. The molecule has 0 aromatic heterocycles. The van der Waals surface area contributed by atoms with Gasteiger partial charge >= 0.3 is 6.03 Å². The average Bonchev–Trinajstić information content (AvgIpc) is 2.45. The van der Waals surface area contributed by atoms with Gasteiger partial charge in [-0.25, -0.2) is 4.79 Å². The number of fused-ring (bicyclic) bond motifs is 1. The molecule has 0 aromatic carbocycles. The molecular weight excluding hydrogens is 258 g/mol. The van der Waals surface area contributed by atoms with Gasteiger partial charge in [0.2, 0.25) is 5.91 Å². The first-order valence-corrected chi connectivity index (χ1v) is 7.45. The molecule has 1 saturated heterocycles. The fraction of sp³-hybridized carbons (Fsp3) is 0.857. The zero-order chi connectivity index (χ0) is 14.8. The van der Waals surface area contributed by atoms with Gasteiger partial charge in [-0.3, -0.25) is 15.0 Å². The van der Waals surface area contributed by atoms with Crippen molar-refractivity contribution in [2.45, 2.75) is 50.7 Å². The van der Waals surface area contributed by atoms with Crippen LogP contribution < -0.4 is 10.6 Å². The summed E-state index contributed by atoms with van der Waals surface area (Å²) in [5.74, 6) is -0.0362. The summed E-state index contributed by atoms with van der Waals surface area (Å²) in [5, 5.41) is 15.3. The maximum Gasteiger partial charge on any atom is 0.321 e. The maximum atomic E-state index is 12.0. The molecule has 3 atom stereocenters. The minimum absolute atomic E-state index is 0.250. The molecule has 1 heterocycles. The predicted molar refractivity (Wildman–Crippen MR) is 75.2 cm³/mol. The third-order valence-corrected chi connectivity index (χ3v) is 4.85. The van der Waals surface area contributed by atoms with E-state index in [9.17, 15) is 14.7 Å². The highest BCUT2D eigenvalue weighted by molar-refractivity contribution is 5.96. The van der Waals surface area contributed by atoms with E-state index in [0.717, 1.165) is 38.6 Å². The van der Waals surface area contributed by atoms with Gasteiger partial charge in [0.15, 0.2) is 0 Å². The molecular formula is C14H25N3O3. The highest BCUT2D eigenvalue weighted by atomic mass is 16.3. The van der Waals surface area contributed by atoms with Crippen molar-refractivity contribution in [3.63, 3.8) is 0 Å². The van der Waals surface area contributed by atoms with E-state index in [4.69, 9.17) is 0 Å². The van der Waals surface area contributed by atoms with Crippen LogP contribution in [-0.2, 0) is 4.79 Å². The number of nitrogens with zero attached hydrogens (tertiary/aromatic N) is 1. The third kappa shape index (κ3) is 3.12. The molecule has 6 heteroatoms. The van der Waals surface area contributed by atoms with Crippen molar-refractivity contribution in [2.24, 2.45) is 5.92 Å². The fourth-order valence-corrected chi connectivity index (χ4v) is 3.39. The molecule has 1 aliphatic heterocycles. The SMILES string of the molecule is CNC(=O)NC(=O)C(C)N1CCC2(O)CCCCC2C1. The van der Waals surface area contributed by atoms with Crippen molar-refractivity contribution in [3.05, 3.63) is 0 Å². The number of carbonyl (C=O) groups is 2. The van der Waals surface area contributed by atoms with E-state index < -0.39 is 11.6 Å². The van der Waals surface area contributed by atoms with Crippen LogP contribution in [0.1, 0.15) is 39.0 Å². The van der Waals surface area contributed by atoms with Gasteiger partial charge in [0.25, 0.3) is 0 Å². The molecule has 1 aliphatic carbocycles. The number of imide groups is 1. The maximum absolute atomic E-state index is 12.0. The highest BCUT2D eigenvalue weighted by Crippen LogP contribution is 2.40. The van der Waals surface area contributed by atoms with Gasteiger partial charge in [-0.15, -0.1) is 0 Å². The zero-order valence-electron chi connectivity index (χ0n) is 12.3. The second-order valence-electron chi connectivity index (χ2n) is 6.04. The smallest absolute Gasteiger partial charge is 0.321 e. The van der Waals surface area contributed by atoms with E-state index in [-0.39, 0.29) is 17.9 Å². The largest absolute Gasteiger partial charge is 0.390 e. The number of aliphatic hydroxyl groups is 1. The van der Waals surface area contributed by atoms with E-state index in [1.807, 2.05) is 6.92 Å². The number of urea groups is 1. The lowest BCUT2D eigenvalue weighted by molar-refractivity contribution is -0.132. The molecule has 0 spiro atoms. The molecule has 2 aliphatic rings. The molecule has 0 radical (unpaired) electrons. The van der Waals surface area contributed by atoms with E-state index in [1.165, 1.54) is 7.05 Å². The first-order chi connectivity index (χ1) is 9.46. The Kier molecular flexibility index (Phi) is 4.65. The Hall–Kier alpha value is -1.14. The predicted octanol–water partition coefficient (Wildman–Crippen LogP) is 0.458. The molecule has 0 aromatic rings. The molecule has 20 heavy (non-hydrogen) atoms. The lowest BCUT2D eigenvalue weighted by Crippen LogP contribution is -2.58. The number of carbonyl (C=O) groups excluding carboxylic acids is 2. The first-order valence-electron chi connectivity index (χ1n) is 7.45. The number of likely N-dealkylation sites (tertiary alicyclic amines) is 1. The Labute approximate surface area is 119 Å². The van der Waals surface area contributed by atoms with Crippen molar-refractivity contribution >= 4 is 11.9 Å². The summed E-state index contributed by atoms with van der Waals surface area (Å²) in [6.45, 7) is 3.25. The van der Waals surface area contributed by atoms with Gasteiger partial charge in [0.1, 0.15) is 0 Å². The van der Waals surface area contributed by atoms with Crippen LogP contribution in [-0.4, -0.2) is 53.7 Å². The molecule has 2 rings (SSSR count). The van der Waals surface area contributed by atoms with Crippen LogP contribution in [0.25, 0.3) is 0 Å². The van der Waals surface area contributed by atoms with Gasteiger partial charge in [-0.05, 0) is 26.2 Å². The Morgan fingerprint density at radius 3 is 2.80 bits per heavy atom. The van der Waals surface area contributed by atoms with Gasteiger partial charge in [-0.2, -0.15) is 0 Å². The Balaban J connectivity index is 1.93. The second-order valence-corrected chi connectivity index (χ2v) is 6.04. The molecule has 3 unspecified atom stereocenters. The standard InChI is InChI=1S/C14H25N3O3/c1-10(12(18)16-13(19)15-2)17-8-7-14(20)6-4-3-5-11(14)9-17/h10-11,20H,3-9H2,1-2H3,(H2,15,16,18,19).